The van der Waals surface area contributed by atoms with Crippen LogP contribution < -0.4 is 5.46 Å². The molecule has 1 heterocycles. The molecule has 0 unspecified atom stereocenters. The van der Waals surface area contributed by atoms with Gasteiger partial charge in [-0.1, -0.05) is 38.1 Å². The van der Waals surface area contributed by atoms with E-state index < -0.39 is 7.12 Å². The monoisotopic (exact) mass is 278 g/mol. The molecular weight excluding hydrogens is 263 g/mol. The molecule has 2 nitrogen and oxygen atoms in total. The molecule has 0 radical (unpaired) electrons. The Morgan fingerprint density at radius 3 is 2.44 bits per heavy atom. The maximum atomic E-state index is 9.41. The fourth-order valence-electron chi connectivity index (χ4n) is 1.89. The first-order valence-corrected chi connectivity index (χ1v) is 7.10. The fraction of sp³-hybridized carbons (Fsp3) is 0.231. The molecule has 1 aromatic heterocycles. The van der Waals surface area contributed by atoms with E-state index in [2.05, 4.69) is 31.9 Å². The summed E-state index contributed by atoms with van der Waals surface area (Å²) in [5, 5.41) is 20.9. The summed E-state index contributed by atoms with van der Waals surface area (Å²) in [5.74, 6) is 0.411. The number of thiophene rings is 1. The van der Waals surface area contributed by atoms with Crippen LogP contribution in [0.1, 0.15) is 25.3 Å². The van der Waals surface area contributed by atoms with Crippen molar-refractivity contribution in [1.29, 1.82) is 0 Å². The first-order chi connectivity index (χ1) is 8.52. The van der Waals surface area contributed by atoms with Crippen molar-refractivity contribution in [3.05, 3.63) is 35.2 Å². The van der Waals surface area contributed by atoms with E-state index in [1.165, 1.54) is 5.56 Å². The van der Waals surface area contributed by atoms with Gasteiger partial charge >= 0.3 is 7.12 Å². The number of thiol groups is 1. The molecule has 1 aromatic carbocycles. The van der Waals surface area contributed by atoms with Crippen molar-refractivity contribution in [2.75, 3.05) is 0 Å². The predicted octanol–water partition coefficient (Wildman–Crippen LogP) is 2.51. The Labute approximate surface area is 117 Å². The van der Waals surface area contributed by atoms with E-state index in [9.17, 15) is 10.0 Å². The van der Waals surface area contributed by atoms with Crippen molar-refractivity contribution >= 4 is 36.5 Å². The molecule has 0 saturated heterocycles. The molecule has 2 rings (SSSR count). The third-order valence-corrected chi connectivity index (χ3v) is 4.56. The van der Waals surface area contributed by atoms with Gasteiger partial charge in [-0.2, -0.15) is 0 Å². The first-order valence-electron chi connectivity index (χ1n) is 5.78. The van der Waals surface area contributed by atoms with Crippen LogP contribution in [-0.4, -0.2) is 17.2 Å². The molecule has 18 heavy (non-hydrogen) atoms. The summed E-state index contributed by atoms with van der Waals surface area (Å²) in [5.41, 5.74) is 2.56. The normalized spacial score (nSPS) is 11.0. The average molecular weight is 278 g/mol. The van der Waals surface area contributed by atoms with Gasteiger partial charge in [0.1, 0.15) is 0 Å². The Balaban J connectivity index is 2.56. The maximum Gasteiger partial charge on any atom is 0.489 e. The number of rotatable bonds is 3. The summed E-state index contributed by atoms with van der Waals surface area (Å²) >= 11 is 6.17. The molecule has 0 fully saturated rings. The first kappa shape index (κ1) is 13.7. The van der Waals surface area contributed by atoms with Gasteiger partial charge in [0.15, 0.2) is 0 Å². The third-order valence-electron chi connectivity index (χ3n) is 2.90. The molecule has 2 N–H and O–H groups in total. The SMILES string of the molecule is CC(C)c1csc(-c2ccccc2B(O)O)c1S. The summed E-state index contributed by atoms with van der Waals surface area (Å²) in [7, 11) is -1.46. The zero-order chi connectivity index (χ0) is 13.3. The summed E-state index contributed by atoms with van der Waals surface area (Å²) in [6.07, 6.45) is 0. The Bertz CT molecular complexity index is 550. The van der Waals surface area contributed by atoms with Crippen molar-refractivity contribution in [2.45, 2.75) is 24.7 Å². The summed E-state index contributed by atoms with van der Waals surface area (Å²) in [6.45, 7) is 4.25. The number of benzene rings is 1. The van der Waals surface area contributed by atoms with Gasteiger partial charge in [-0.05, 0) is 27.9 Å². The molecule has 0 atom stereocenters. The second kappa shape index (κ2) is 5.49. The van der Waals surface area contributed by atoms with Crippen molar-refractivity contribution < 1.29 is 10.0 Å². The van der Waals surface area contributed by atoms with Gasteiger partial charge in [-0.25, -0.2) is 0 Å². The minimum absolute atomic E-state index is 0.411. The quantitative estimate of drug-likeness (QED) is 0.596. The standard InChI is InChI=1S/C13H15BO2S2/c1-8(2)10-7-18-13(12(10)17)9-5-3-4-6-11(9)14(15)16/h3-8,15-17H,1-2H3. The molecule has 0 spiro atoms. The highest BCUT2D eigenvalue weighted by Gasteiger charge is 2.20. The van der Waals surface area contributed by atoms with Gasteiger partial charge in [-0.3, -0.25) is 0 Å². The van der Waals surface area contributed by atoms with Crippen molar-refractivity contribution in [1.82, 2.24) is 0 Å². The van der Waals surface area contributed by atoms with Gasteiger partial charge in [0.05, 0.1) is 0 Å². The zero-order valence-electron chi connectivity index (χ0n) is 10.3. The van der Waals surface area contributed by atoms with Crippen LogP contribution in [0.2, 0.25) is 0 Å². The highest BCUT2D eigenvalue weighted by atomic mass is 32.1. The molecular formula is C13H15BO2S2. The minimum Gasteiger partial charge on any atom is -0.423 e. The lowest BCUT2D eigenvalue weighted by Gasteiger charge is -2.09. The van der Waals surface area contributed by atoms with Gasteiger partial charge in [0.2, 0.25) is 0 Å². The van der Waals surface area contributed by atoms with E-state index in [1.54, 1.807) is 23.5 Å². The lowest BCUT2D eigenvalue weighted by atomic mass is 9.76. The molecule has 0 saturated carbocycles. The van der Waals surface area contributed by atoms with Crippen LogP contribution in [0.25, 0.3) is 10.4 Å². The molecule has 0 bridgehead atoms. The lowest BCUT2D eigenvalue weighted by molar-refractivity contribution is 0.426. The summed E-state index contributed by atoms with van der Waals surface area (Å²) in [6, 6.07) is 7.31. The molecule has 0 amide bonds. The average Bonchev–Trinajstić information content (AvgIpc) is 2.71. The third kappa shape index (κ3) is 2.49. The maximum absolute atomic E-state index is 9.41. The largest absolute Gasteiger partial charge is 0.489 e. The predicted molar refractivity (Wildman–Crippen MR) is 80.9 cm³/mol. The highest BCUT2D eigenvalue weighted by Crippen LogP contribution is 2.37. The van der Waals surface area contributed by atoms with E-state index >= 15 is 0 Å². The van der Waals surface area contributed by atoms with Crippen LogP contribution in [0.3, 0.4) is 0 Å². The zero-order valence-corrected chi connectivity index (χ0v) is 12.0. The highest BCUT2D eigenvalue weighted by molar-refractivity contribution is 7.80. The smallest absolute Gasteiger partial charge is 0.423 e. The van der Waals surface area contributed by atoms with E-state index in [-0.39, 0.29) is 0 Å². The molecule has 5 heteroatoms. The molecule has 2 aromatic rings. The van der Waals surface area contributed by atoms with E-state index in [0.717, 1.165) is 15.3 Å². The lowest BCUT2D eigenvalue weighted by Crippen LogP contribution is -2.31. The summed E-state index contributed by atoms with van der Waals surface area (Å²) in [4.78, 5) is 1.92. The van der Waals surface area contributed by atoms with Gasteiger partial charge in [0, 0.05) is 9.77 Å². The van der Waals surface area contributed by atoms with E-state index in [4.69, 9.17) is 0 Å². The van der Waals surface area contributed by atoms with Gasteiger partial charge < -0.3 is 10.0 Å². The van der Waals surface area contributed by atoms with Crippen LogP contribution in [-0.2, 0) is 0 Å². The molecule has 0 aliphatic rings. The molecule has 94 valence electrons. The Hall–Kier alpha value is -0.745. The van der Waals surface area contributed by atoms with Crippen molar-refractivity contribution in [3.63, 3.8) is 0 Å². The van der Waals surface area contributed by atoms with Crippen LogP contribution >= 0.6 is 24.0 Å². The second-order valence-electron chi connectivity index (χ2n) is 4.48. The van der Waals surface area contributed by atoms with Crippen molar-refractivity contribution in [3.8, 4) is 10.4 Å². The minimum atomic E-state index is -1.46. The second-order valence-corrected chi connectivity index (χ2v) is 5.81. The Kier molecular flexibility index (Phi) is 4.17. The van der Waals surface area contributed by atoms with Gasteiger partial charge in [-0.15, -0.1) is 24.0 Å². The number of hydrogen-bond acceptors (Lipinski definition) is 4. The van der Waals surface area contributed by atoms with Crippen molar-refractivity contribution in [2.24, 2.45) is 0 Å². The Morgan fingerprint density at radius 2 is 1.89 bits per heavy atom. The Morgan fingerprint density at radius 1 is 1.22 bits per heavy atom. The fourth-order valence-corrected chi connectivity index (χ4v) is 3.76. The van der Waals surface area contributed by atoms with Crippen LogP contribution in [0.5, 0.6) is 0 Å². The molecule has 0 aliphatic carbocycles. The van der Waals surface area contributed by atoms with Crippen LogP contribution in [0.4, 0.5) is 0 Å². The van der Waals surface area contributed by atoms with Crippen LogP contribution in [0.15, 0.2) is 34.5 Å². The van der Waals surface area contributed by atoms with E-state index in [1.807, 2.05) is 12.1 Å². The van der Waals surface area contributed by atoms with Crippen LogP contribution in [0, 0.1) is 0 Å². The number of hydrogen-bond donors (Lipinski definition) is 3. The topological polar surface area (TPSA) is 40.5 Å². The molecule has 0 aliphatic heterocycles. The van der Waals surface area contributed by atoms with E-state index in [0.29, 0.717) is 11.4 Å². The van der Waals surface area contributed by atoms with Gasteiger partial charge in [0.25, 0.3) is 0 Å². The summed E-state index contributed by atoms with van der Waals surface area (Å²) < 4.78 is 0.